The van der Waals surface area contributed by atoms with Crippen LogP contribution in [0.3, 0.4) is 0 Å². The van der Waals surface area contributed by atoms with Crippen molar-refractivity contribution in [3.63, 3.8) is 0 Å². The van der Waals surface area contributed by atoms with Crippen molar-refractivity contribution in [2.24, 2.45) is 56.2 Å². The molecule has 1 aliphatic rings. The number of primary amides is 2. The minimum absolute atomic E-state index is 0.0126. The molecule has 0 bridgehead atoms. The largest absolute Gasteiger partial charge is 0.370 e. The van der Waals surface area contributed by atoms with Gasteiger partial charge in [0.15, 0.2) is 17.7 Å². The fraction of sp³-hybridized carbons (Fsp3) is 0.481. The van der Waals surface area contributed by atoms with Crippen molar-refractivity contribution in [3.05, 3.63) is 71.4 Å². The summed E-state index contributed by atoms with van der Waals surface area (Å²) < 4.78 is 0. The molecule has 4 rings (SSSR count). The number of fused-ring (bicyclic) bond motifs is 1. The van der Waals surface area contributed by atoms with Crippen LogP contribution in [0.1, 0.15) is 101 Å². The molecular formula is C52H72N16O10. The van der Waals surface area contributed by atoms with Gasteiger partial charge in [0.1, 0.15) is 30.0 Å². The summed E-state index contributed by atoms with van der Waals surface area (Å²) in [6.07, 6.45) is -0.00959. The van der Waals surface area contributed by atoms with E-state index in [4.69, 9.17) is 34.4 Å². The number of aliphatic imine (C=N–C) groups is 2. The number of amides is 8. The van der Waals surface area contributed by atoms with Crippen molar-refractivity contribution < 1.29 is 47.9 Å². The first kappa shape index (κ1) is 61.7. The molecule has 1 aromatic heterocycles. The molecule has 1 saturated heterocycles. The molecule has 0 spiro atoms. The SMILES string of the molecule is CC(=O)N[C@H](CCCN=C(N)N)C(=O)N[C@H]1CC(=O)NCCCC[C@@H](C(N)=O)NC(=O)[C@H](Cc2c[nH]c3ccccc23)CC(=O)[C@H](CCCN=C(N)N)CC(=O)[C@@H](Cc2ccc(C#N)cc2)NC(=O)[C@H](CCC(N)=O)NC1=O. The standard InChI is InChI=1S/C52H72N16O10/c1-29(69)64-38(12-7-21-62-52(58)59)48(76)68-41-26-45(73)60-19-5-4-11-37(46(55)74)65-47(75)33(23-34-28-63-36-10-3-2-9-35(34)36)25-42(70)32(8-6-20-61-51(56)57)24-43(71)40(22-30-13-15-31(27-53)16-14-30)67-49(77)39(66-50(41)78)17-18-44(54)72/h2-3,9-10,13-16,28,32-33,37-41,63H,4-8,11-12,17-26H2,1H3,(H2,54,72)(H2,55,74)(H,60,73)(H,64,69)(H,65,75)(H,66,78)(H,67,77)(H,68,76)(H4,56,57,61)(H4,58,59,62)/t32-,33-,37+,38-,39+,40-,41+/m1/s1. The zero-order valence-electron chi connectivity index (χ0n) is 43.6. The Labute approximate surface area is 450 Å². The van der Waals surface area contributed by atoms with Crippen LogP contribution >= 0.6 is 0 Å². The summed E-state index contributed by atoms with van der Waals surface area (Å²) in [4.78, 5) is 149. The summed E-state index contributed by atoms with van der Waals surface area (Å²) in [7, 11) is 0. The Kier molecular flexibility index (Phi) is 24.7. The second-order valence-corrected chi connectivity index (χ2v) is 19.2. The average Bonchev–Trinajstić information content (AvgIpc) is 3.82. The topological polar surface area (TPSA) is 463 Å². The number of nitrogens with one attached hydrogen (secondary N) is 7. The van der Waals surface area contributed by atoms with Crippen molar-refractivity contribution >= 4 is 81.6 Å². The van der Waals surface area contributed by atoms with Gasteiger partial charge in [0, 0.05) is 74.8 Å². The van der Waals surface area contributed by atoms with Gasteiger partial charge in [-0.15, -0.1) is 0 Å². The first-order chi connectivity index (χ1) is 37.1. The lowest BCUT2D eigenvalue weighted by Crippen LogP contribution is -2.58. The van der Waals surface area contributed by atoms with Gasteiger partial charge in [-0.05, 0) is 93.5 Å². The van der Waals surface area contributed by atoms with E-state index in [9.17, 15) is 53.2 Å². The Morgan fingerprint density at radius 2 is 1.41 bits per heavy atom. The molecule has 26 heteroatoms. The number of hydrogen-bond acceptors (Lipinski definition) is 13. The number of carbonyl (C=O) groups is 10. The molecule has 0 unspecified atom stereocenters. The van der Waals surface area contributed by atoms with Crippen LogP contribution in [-0.4, -0.2) is 126 Å². The number of aromatic amines is 1. The average molecular weight is 1080 g/mol. The Morgan fingerprint density at radius 3 is 2.06 bits per heavy atom. The zero-order valence-corrected chi connectivity index (χ0v) is 43.6. The fourth-order valence-electron chi connectivity index (χ4n) is 8.87. The van der Waals surface area contributed by atoms with Crippen LogP contribution in [0.5, 0.6) is 0 Å². The molecule has 7 atom stereocenters. The highest BCUT2D eigenvalue weighted by atomic mass is 16.2. The number of guanidine groups is 2. The lowest BCUT2D eigenvalue weighted by Gasteiger charge is -2.27. The van der Waals surface area contributed by atoms with E-state index in [1.165, 1.54) is 19.1 Å². The minimum atomic E-state index is -1.72. The normalized spacial score (nSPS) is 20.8. The van der Waals surface area contributed by atoms with Gasteiger partial charge in [-0.2, -0.15) is 5.26 Å². The molecule has 0 saturated carbocycles. The molecule has 3 aromatic rings. The lowest BCUT2D eigenvalue weighted by molar-refractivity contribution is -0.136. The molecule has 1 fully saturated rings. The van der Waals surface area contributed by atoms with Crippen molar-refractivity contribution in [1.82, 2.24) is 36.9 Å². The predicted octanol–water partition coefficient (Wildman–Crippen LogP) is -2.03. The number of benzene rings is 2. The molecule has 78 heavy (non-hydrogen) atoms. The van der Waals surface area contributed by atoms with Crippen molar-refractivity contribution in [1.29, 1.82) is 5.26 Å². The molecule has 26 nitrogen and oxygen atoms in total. The summed E-state index contributed by atoms with van der Waals surface area (Å²) in [6, 6.07) is 8.23. The van der Waals surface area contributed by atoms with E-state index in [-0.39, 0.29) is 89.3 Å². The van der Waals surface area contributed by atoms with Crippen molar-refractivity contribution in [2.75, 3.05) is 19.6 Å². The van der Waals surface area contributed by atoms with Gasteiger partial charge in [0.05, 0.1) is 24.1 Å². The van der Waals surface area contributed by atoms with Gasteiger partial charge >= 0.3 is 0 Å². The second-order valence-electron chi connectivity index (χ2n) is 19.2. The first-order valence-electron chi connectivity index (χ1n) is 25.7. The number of nitriles is 1. The summed E-state index contributed by atoms with van der Waals surface area (Å²) in [6.45, 7) is 1.31. The number of hydrogen-bond donors (Lipinski definition) is 13. The highest BCUT2D eigenvalue weighted by molar-refractivity contribution is 5.99. The van der Waals surface area contributed by atoms with Crippen LogP contribution in [0.4, 0.5) is 0 Å². The number of ketones is 2. The Bertz CT molecular complexity index is 2730. The van der Waals surface area contributed by atoms with Crippen molar-refractivity contribution in [2.45, 2.75) is 127 Å². The highest BCUT2D eigenvalue weighted by Crippen LogP contribution is 2.26. The zero-order chi connectivity index (χ0) is 57.3. The maximum absolute atomic E-state index is 14.8. The van der Waals surface area contributed by atoms with Gasteiger partial charge in [-0.3, -0.25) is 57.9 Å². The van der Waals surface area contributed by atoms with E-state index in [0.29, 0.717) is 16.7 Å². The maximum atomic E-state index is 14.8. The highest BCUT2D eigenvalue weighted by Gasteiger charge is 2.36. The third-order valence-electron chi connectivity index (χ3n) is 13.0. The second kappa shape index (κ2) is 31.2. The Hall–Kier alpha value is -8.89. The third kappa shape index (κ3) is 21.0. The monoisotopic (exact) mass is 1080 g/mol. The van der Waals surface area contributed by atoms with Gasteiger partial charge in [-0.1, -0.05) is 30.3 Å². The molecule has 1 aliphatic heterocycles. The fourth-order valence-corrected chi connectivity index (χ4v) is 8.87. The molecule has 8 amide bonds. The van der Waals surface area contributed by atoms with Crippen molar-refractivity contribution in [3.8, 4) is 6.07 Å². The van der Waals surface area contributed by atoms with Crippen LogP contribution in [0, 0.1) is 23.2 Å². The van der Waals surface area contributed by atoms with Crippen LogP contribution in [-0.2, 0) is 60.8 Å². The number of nitrogens with two attached hydrogens (primary N) is 6. The van der Waals surface area contributed by atoms with Gasteiger partial charge in [-0.25, -0.2) is 0 Å². The quantitative estimate of drug-likeness (QED) is 0.0350. The van der Waals surface area contributed by atoms with Crippen LogP contribution in [0.25, 0.3) is 10.9 Å². The minimum Gasteiger partial charge on any atom is -0.370 e. The van der Waals surface area contributed by atoms with Crippen LogP contribution in [0.15, 0.2) is 64.7 Å². The lowest BCUT2D eigenvalue weighted by atomic mass is 9.83. The van der Waals surface area contributed by atoms with E-state index in [2.05, 4.69) is 46.9 Å². The van der Waals surface area contributed by atoms with E-state index >= 15 is 0 Å². The van der Waals surface area contributed by atoms with E-state index in [1.807, 2.05) is 30.3 Å². The molecule has 0 aliphatic carbocycles. The summed E-state index contributed by atoms with van der Waals surface area (Å²) >= 11 is 0. The number of aromatic nitrogens is 1. The molecule has 2 aromatic carbocycles. The van der Waals surface area contributed by atoms with Gasteiger partial charge in [0.25, 0.3) is 0 Å². The van der Waals surface area contributed by atoms with E-state index < -0.39 is 133 Å². The molecule has 2 heterocycles. The number of nitrogens with zero attached hydrogens (tertiary/aromatic N) is 3. The number of carbonyl (C=O) groups excluding carboxylic acids is 10. The molecule has 420 valence electrons. The third-order valence-corrected chi connectivity index (χ3v) is 13.0. The van der Waals surface area contributed by atoms with E-state index in [0.717, 1.165) is 10.9 Å². The Balaban J connectivity index is 1.81. The summed E-state index contributed by atoms with van der Waals surface area (Å²) in [5.74, 6) is -10.5. The Morgan fingerprint density at radius 1 is 0.744 bits per heavy atom. The summed E-state index contributed by atoms with van der Waals surface area (Å²) in [5.41, 5.74) is 35.6. The first-order valence-corrected chi connectivity index (χ1v) is 25.7. The predicted molar refractivity (Wildman–Crippen MR) is 287 cm³/mol. The molecular weight excluding hydrogens is 1010 g/mol. The number of Topliss-reactive ketones (excluding diaryl/α,β-unsaturated/α-hetero) is 2. The number of para-hydroxylation sites is 1. The van der Waals surface area contributed by atoms with Gasteiger partial charge in [0.2, 0.25) is 47.3 Å². The van der Waals surface area contributed by atoms with Crippen LogP contribution in [0.2, 0.25) is 0 Å². The summed E-state index contributed by atoms with van der Waals surface area (Å²) in [5, 5.41) is 25.8. The molecule has 19 N–H and O–H groups in total. The molecule has 0 radical (unpaired) electrons. The maximum Gasteiger partial charge on any atom is 0.243 e. The van der Waals surface area contributed by atoms with E-state index in [1.54, 1.807) is 18.3 Å². The smallest absolute Gasteiger partial charge is 0.243 e. The number of rotatable bonds is 19. The number of H-pyrrole nitrogens is 1. The van der Waals surface area contributed by atoms with Crippen LogP contribution < -0.4 is 66.3 Å². The van der Waals surface area contributed by atoms with Gasteiger partial charge < -0.3 is 71.3 Å².